The first-order chi connectivity index (χ1) is 11.9. The Bertz CT molecular complexity index is 694. The van der Waals surface area contributed by atoms with E-state index in [9.17, 15) is 14.4 Å². The molecule has 8 nitrogen and oxygen atoms in total. The van der Waals surface area contributed by atoms with Gasteiger partial charge in [0, 0.05) is 26.1 Å². The van der Waals surface area contributed by atoms with Crippen LogP contribution in [0.15, 0.2) is 4.42 Å². The number of carbonyl (C=O) groups excluding carboxylic acids is 2. The highest BCUT2D eigenvalue weighted by Crippen LogP contribution is 2.40. The third-order valence-electron chi connectivity index (χ3n) is 4.78. The van der Waals surface area contributed by atoms with Crippen LogP contribution >= 0.6 is 0 Å². The van der Waals surface area contributed by atoms with Crippen LogP contribution in [0.5, 0.6) is 0 Å². The molecule has 0 spiro atoms. The number of aromatic nitrogens is 1. The smallest absolute Gasteiger partial charge is 0.308 e. The van der Waals surface area contributed by atoms with E-state index in [2.05, 4.69) is 4.98 Å². The summed E-state index contributed by atoms with van der Waals surface area (Å²) in [6.45, 7) is 2.34. The topological polar surface area (TPSA) is 104 Å². The highest BCUT2D eigenvalue weighted by Gasteiger charge is 2.33. The van der Waals surface area contributed by atoms with E-state index in [1.807, 2.05) is 0 Å². The van der Waals surface area contributed by atoms with E-state index in [1.165, 1.54) is 16.8 Å². The van der Waals surface area contributed by atoms with Crippen molar-refractivity contribution in [1.82, 2.24) is 14.8 Å². The number of carbonyl (C=O) groups is 3. The lowest BCUT2D eigenvalue weighted by molar-refractivity contribution is -0.145. The number of nitrogens with zero attached hydrogens (tertiary/aromatic N) is 3. The Hall–Kier alpha value is -2.38. The van der Waals surface area contributed by atoms with E-state index < -0.39 is 11.9 Å². The SMILES string of the molecule is Cc1nc(C2CC2)oc1C(=O)N(C)CC(=O)N1CCCC(C(=O)O)C1. The first kappa shape index (κ1) is 17.4. The molecule has 1 aliphatic heterocycles. The van der Waals surface area contributed by atoms with Gasteiger partial charge in [-0.1, -0.05) is 0 Å². The summed E-state index contributed by atoms with van der Waals surface area (Å²) in [5.74, 6) is -0.949. The van der Waals surface area contributed by atoms with Gasteiger partial charge < -0.3 is 19.3 Å². The van der Waals surface area contributed by atoms with E-state index in [-0.39, 0.29) is 30.7 Å². The molecule has 1 aliphatic carbocycles. The Morgan fingerprint density at radius 3 is 2.68 bits per heavy atom. The van der Waals surface area contributed by atoms with Gasteiger partial charge in [0.2, 0.25) is 11.7 Å². The predicted molar refractivity (Wildman–Crippen MR) is 87.1 cm³/mol. The minimum Gasteiger partial charge on any atom is -0.481 e. The zero-order chi connectivity index (χ0) is 18.1. The van der Waals surface area contributed by atoms with Gasteiger partial charge in [0.1, 0.15) is 0 Å². The van der Waals surface area contributed by atoms with Gasteiger partial charge in [0.25, 0.3) is 5.91 Å². The van der Waals surface area contributed by atoms with Gasteiger partial charge in [-0.3, -0.25) is 14.4 Å². The van der Waals surface area contributed by atoms with Gasteiger partial charge in [-0.15, -0.1) is 0 Å². The monoisotopic (exact) mass is 349 g/mol. The number of likely N-dealkylation sites (tertiary alicyclic amines) is 1. The van der Waals surface area contributed by atoms with Crippen LogP contribution in [0, 0.1) is 12.8 Å². The van der Waals surface area contributed by atoms with Crippen LogP contribution in [0.3, 0.4) is 0 Å². The van der Waals surface area contributed by atoms with Crippen molar-refractivity contribution >= 4 is 17.8 Å². The van der Waals surface area contributed by atoms with Crippen LogP contribution in [0.1, 0.15) is 53.7 Å². The number of likely N-dealkylation sites (N-methyl/N-ethyl adjacent to an activating group) is 1. The molecule has 8 heteroatoms. The molecule has 2 aliphatic rings. The molecule has 2 amide bonds. The normalized spacial score (nSPS) is 20.4. The summed E-state index contributed by atoms with van der Waals surface area (Å²) in [5.41, 5.74) is 0.537. The second-order valence-corrected chi connectivity index (χ2v) is 6.92. The van der Waals surface area contributed by atoms with Gasteiger partial charge in [0.05, 0.1) is 18.2 Å². The number of piperidine rings is 1. The first-order valence-electron chi connectivity index (χ1n) is 8.60. The third kappa shape index (κ3) is 3.83. The largest absolute Gasteiger partial charge is 0.481 e. The maximum atomic E-state index is 12.5. The van der Waals surface area contributed by atoms with E-state index >= 15 is 0 Å². The van der Waals surface area contributed by atoms with Gasteiger partial charge in [-0.25, -0.2) is 4.98 Å². The fourth-order valence-corrected chi connectivity index (χ4v) is 3.07. The molecule has 1 atom stereocenters. The molecule has 1 unspecified atom stereocenters. The lowest BCUT2D eigenvalue weighted by atomic mass is 9.98. The van der Waals surface area contributed by atoms with Crippen molar-refractivity contribution in [2.24, 2.45) is 5.92 Å². The molecule has 0 radical (unpaired) electrons. The van der Waals surface area contributed by atoms with Gasteiger partial charge in [0.15, 0.2) is 5.89 Å². The molecule has 2 heterocycles. The van der Waals surface area contributed by atoms with Crippen molar-refractivity contribution < 1.29 is 23.9 Å². The summed E-state index contributed by atoms with van der Waals surface area (Å²) in [7, 11) is 1.54. The van der Waals surface area contributed by atoms with Crippen molar-refractivity contribution in [3.63, 3.8) is 0 Å². The lowest BCUT2D eigenvalue weighted by Gasteiger charge is -2.31. The molecule has 136 valence electrons. The number of amides is 2. The van der Waals surface area contributed by atoms with Crippen molar-refractivity contribution in [2.45, 2.75) is 38.5 Å². The zero-order valence-electron chi connectivity index (χ0n) is 14.5. The van der Waals surface area contributed by atoms with Gasteiger partial charge >= 0.3 is 5.97 Å². The number of hydrogen-bond donors (Lipinski definition) is 1. The average molecular weight is 349 g/mol. The summed E-state index contributed by atoms with van der Waals surface area (Å²) >= 11 is 0. The van der Waals surface area contributed by atoms with Crippen LogP contribution in [-0.2, 0) is 9.59 Å². The number of aryl methyl sites for hydroxylation is 1. The molecule has 2 fully saturated rings. The molecule has 1 saturated carbocycles. The molecule has 1 saturated heterocycles. The van der Waals surface area contributed by atoms with Gasteiger partial charge in [-0.05, 0) is 32.6 Å². The summed E-state index contributed by atoms with van der Waals surface area (Å²) in [5, 5.41) is 9.12. The summed E-state index contributed by atoms with van der Waals surface area (Å²) in [6, 6.07) is 0. The van der Waals surface area contributed by atoms with E-state index in [4.69, 9.17) is 9.52 Å². The number of rotatable bonds is 5. The number of hydrogen-bond acceptors (Lipinski definition) is 5. The minimum absolute atomic E-state index is 0.107. The zero-order valence-corrected chi connectivity index (χ0v) is 14.5. The number of carboxylic acids is 1. The maximum Gasteiger partial charge on any atom is 0.308 e. The van der Waals surface area contributed by atoms with E-state index in [0.717, 1.165) is 12.8 Å². The first-order valence-corrected chi connectivity index (χ1v) is 8.60. The molecule has 3 rings (SSSR count). The fraction of sp³-hybridized carbons (Fsp3) is 0.647. The second kappa shape index (κ2) is 6.85. The summed E-state index contributed by atoms with van der Waals surface area (Å²) < 4.78 is 5.59. The number of oxazole rings is 1. The molecule has 1 aromatic rings. The van der Waals surface area contributed by atoms with Crippen molar-refractivity contribution in [2.75, 3.05) is 26.7 Å². The Balaban J connectivity index is 1.61. The molecule has 1 aromatic heterocycles. The van der Waals surface area contributed by atoms with Crippen LogP contribution in [0.2, 0.25) is 0 Å². The molecule has 1 N–H and O–H groups in total. The van der Waals surface area contributed by atoms with Crippen LogP contribution < -0.4 is 0 Å². The van der Waals surface area contributed by atoms with Crippen LogP contribution in [0.4, 0.5) is 0 Å². The lowest BCUT2D eigenvalue weighted by Crippen LogP contribution is -2.46. The van der Waals surface area contributed by atoms with Gasteiger partial charge in [-0.2, -0.15) is 0 Å². The summed E-state index contributed by atoms with van der Waals surface area (Å²) in [6.07, 6.45) is 3.30. The molecular formula is C17H23N3O5. The fourth-order valence-electron chi connectivity index (χ4n) is 3.07. The molecule has 0 bridgehead atoms. The second-order valence-electron chi connectivity index (χ2n) is 6.92. The van der Waals surface area contributed by atoms with Crippen LogP contribution in [-0.4, -0.2) is 64.4 Å². The van der Waals surface area contributed by atoms with E-state index in [1.54, 1.807) is 6.92 Å². The van der Waals surface area contributed by atoms with E-state index in [0.29, 0.717) is 36.9 Å². The Morgan fingerprint density at radius 2 is 2.04 bits per heavy atom. The highest BCUT2D eigenvalue weighted by molar-refractivity contribution is 5.95. The summed E-state index contributed by atoms with van der Waals surface area (Å²) in [4.78, 5) is 43.2. The van der Waals surface area contributed by atoms with Crippen molar-refractivity contribution in [3.05, 3.63) is 17.3 Å². The average Bonchev–Trinajstić information content (AvgIpc) is 3.36. The third-order valence-corrected chi connectivity index (χ3v) is 4.78. The maximum absolute atomic E-state index is 12.5. The Morgan fingerprint density at radius 1 is 1.32 bits per heavy atom. The highest BCUT2D eigenvalue weighted by atomic mass is 16.4. The van der Waals surface area contributed by atoms with Crippen molar-refractivity contribution in [1.29, 1.82) is 0 Å². The number of carboxylic acid groups (broad SMARTS) is 1. The quantitative estimate of drug-likeness (QED) is 0.858. The Kier molecular flexibility index (Phi) is 4.78. The predicted octanol–water partition coefficient (Wildman–Crippen LogP) is 1.26. The van der Waals surface area contributed by atoms with Crippen LogP contribution in [0.25, 0.3) is 0 Å². The standard InChI is InChI=1S/C17H23N3O5/c1-10-14(25-15(18-10)11-5-6-11)16(22)19(2)9-13(21)20-7-3-4-12(8-20)17(23)24/h11-12H,3-9H2,1-2H3,(H,23,24). The Labute approximate surface area is 145 Å². The number of aliphatic carboxylic acids is 1. The minimum atomic E-state index is -0.883. The molecular weight excluding hydrogens is 326 g/mol. The molecule has 25 heavy (non-hydrogen) atoms. The van der Waals surface area contributed by atoms with Crippen molar-refractivity contribution in [3.8, 4) is 0 Å². The molecule has 0 aromatic carbocycles.